The van der Waals surface area contributed by atoms with E-state index in [1.54, 1.807) is 11.3 Å². The average molecular weight is 294 g/mol. The van der Waals surface area contributed by atoms with Crippen molar-refractivity contribution >= 4 is 27.2 Å². The van der Waals surface area contributed by atoms with Crippen molar-refractivity contribution in [1.29, 1.82) is 0 Å². The number of aliphatic hydroxyl groups is 1. The van der Waals surface area contributed by atoms with E-state index < -0.39 is 6.10 Å². The number of hydrogen-bond donors (Lipinski definition) is 1. The Morgan fingerprint density at radius 1 is 1.40 bits per heavy atom. The van der Waals surface area contributed by atoms with Crippen molar-refractivity contribution in [3.63, 3.8) is 0 Å². The molecule has 5 heteroatoms. The van der Waals surface area contributed by atoms with Gasteiger partial charge in [0.2, 0.25) is 0 Å². The van der Waals surface area contributed by atoms with Crippen LogP contribution in [0, 0.1) is 6.92 Å². The topological polar surface area (TPSA) is 45.6 Å². The monoisotopic (exact) mass is 294 g/mol. The van der Waals surface area contributed by atoms with Crippen LogP contribution in [0.3, 0.4) is 0 Å². The van der Waals surface area contributed by atoms with Gasteiger partial charge in [0.05, 0.1) is 34.0 Å². The Bertz CT molecular complexity index is 568. The predicted octanol–water partition coefficient (Wildman–Crippen LogP) is 2.83. The molecule has 0 saturated carbocycles. The zero-order valence-corrected chi connectivity index (χ0v) is 13.3. The Balaban J connectivity index is 2.01. The van der Waals surface area contributed by atoms with Gasteiger partial charge in [0.15, 0.2) is 0 Å². The molecule has 110 valence electrons. The molecule has 0 saturated heterocycles. The van der Waals surface area contributed by atoms with Crippen molar-refractivity contribution in [1.82, 2.24) is 4.98 Å². The molecule has 0 bridgehead atoms. The van der Waals surface area contributed by atoms with Gasteiger partial charge >= 0.3 is 0 Å². The lowest BCUT2D eigenvalue weighted by atomic mass is 10.2. The van der Waals surface area contributed by atoms with E-state index in [4.69, 9.17) is 4.74 Å². The van der Waals surface area contributed by atoms with Gasteiger partial charge in [-0.15, -0.1) is 11.3 Å². The summed E-state index contributed by atoms with van der Waals surface area (Å²) in [6, 6.07) is 6.19. The molecule has 0 radical (unpaired) electrons. The first-order valence-electron chi connectivity index (χ1n) is 6.83. The Hall–Kier alpha value is -1.17. The number of fused-ring (bicyclic) bond motifs is 1. The number of nitrogens with zero attached hydrogens (tertiary/aromatic N) is 2. The number of anilines is 1. The van der Waals surface area contributed by atoms with E-state index in [0.717, 1.165) is 16.2 Å². The number of hydrogen-bond acceptors (Lipinski definition) is 5. The molecule has 1 unspecified atom stereocenters. The van der Waals surface area contributed by atoms with Gasteiger partial charge in [-0.1, -0.05) is 0 Å². The maximum Gasteiger partial charge on any atom is 0.0948 e. The van der Waals surface area contributed by atoms with Crippen LogP contribution in [-0.2, 0) is 4.74 Å². The fourth-order valence-electron chi connectivity index (χ4n) is 2.04. The third kappa shape index (κ3) is 3.91. The highest BCUT2D eigenvalue weighted by molar-refractivity contribution is 7.18. The largest absolute Gasteiger partial charge is 0.389 e. The number of thiazole rings is 1. The number of likely N-dealkylation sites (N-methyl/N-ethyl adjacent to an activating group) is 1. The SMILES string of the molecule is Cc1nc2ccc(N(C)CC(O)COC(C)C)cc2s1. The minimum atomic E-state index is -0.485. The summed E-state index contributed by atoms with van der Waals surface area (Å²) in [7, 11) is 1.98. The number of ether oxygens (including phenoxy) is 1. The summed E-state index contributed by atoms with van der Waals surface area (Å²) in [5, 5.41) is 11.0. The second-order valence-corrected chi connectivity index (χ2v) is 6.54. The standard InChI is InChI=1S/C15H22N2O2S/c1-10(2)19-9-13(18)8-17(4)12-5-6-14-15(7-12)20-11(3)16-14/h5-7,10,13,18H,8-9H2,1-4H3. The second-order valence-electron chi connectivity index (χ2n) is 5.30. The maximum atomic E-state index is 9.97. The normalized spacial score (nSPS) is 13.1. The minimum Gasteiger partial charge on any atom is -0.389 e. The zero-order chi connectivity index (χ0) is 14.7. The van der Waals surface area contributed by atoms with E-state index in [0.29, 0.717) is 13.2 Å². The molecule has 0 aliphatic rings. The lowest BCUT2D eigenvalue weighted by molar-refractivity contribution is 0.00927. The van der Waals surface area contributed by atoms with Crippen LogP contribution < -0.4 is 4.90 Å². The Morgan fingerprint density at radius 2 is 2.15 bits per heavy atom. The van der Waals surface area contributed by atoms with Crippen LogP contribution in [0.4, 0.5) is 5.69 Å². The van der Waals surface area contributed by atoms with Gasteiger partial charge in [-0.3, -0.25) is 0 Å². The number of rotatable bonds is 6. The molecule has 0 aliphatic heterocycles. The summed E-state index contributed by atoms with van der Waals surface area (Å²) in [6.07, 6.45) is -0.340. The second kappa shape index (κ2) is 6.52. The van der Waals surface area contributed by atoms with Gasteiger partial charge in [-0.2, -0.15) is 0 Å². The average Bonchev–Trinajstić information content (AvgIpc) is 2.75. The predicted molar refractivity (Wildman–Crippen MR) is 84.7 cm³/mol. The molecule has 1 aromatic carbocycles. The van der Waals surface area contributed by atoms with Crippen LogP contribution in [0.15, 0.2) is 18.2 Å². The quantitative estimate of drug-likeness (QED) is 0.890. The molecule has 1 atom stereocenters. The van der Waals surface area contributed by atoms with E-state index in [1.807, 2.05) is 44.9 Å². The summed E-state index contributed by atoms with van der Waals surface area (Å²) in [4.78, 5) is 6.50. The van der Waals surface area contributed by atoms with Gasteiger partial charge < -0.3 is 14.7 Å². The van der Waals surface area contributed by atoms with E-state index in [2.05, 4.69) is 11.1 Å². The van der Waals surface area contributed by atoms with Gasteiger partial charge in [0, 0.05) is 19.3 Å². The third-order valence-electron chi connectivity index (χ3n) is 3.03. The fraction of sp³-hybridized carbons (Fsp3) is 0.533. The minimum absolute atomic E-state index is 0.145. The van der Waals surface area contributed by atoms with Gasteiger partial charge in [-0.25, -0.2) is 4.98 Å². The first kappa shape index (κ1) is 15.2. The molecule has 20 heavy (non-hydrogen) atoms. The van der Waals surface area contributed by atoms with Crippen molar-refractivity contribution in [2.75, 3.05) is 25.1 Å². The van der Waals surface area contributed by atoms with E-state index in [1.165, 1.54) is 4.70 Å². The summed E-state index contributed by atoms with van der Waals surface area (Å²) in [5.41, 5.74) is 2.12. The summed E-state index contributed by atoms with van der Waals surface area (Å²) < 4.78 is 6.61. The van der Waals surface area contributed by atoms with Crippen molar-refractivity contribution < 1.29 is 9.84 Å². The molecule has 4 nitrogen and oxygen atoms in total. The molecule has 0 aliphatic carbocycles. The van der Waals surface area contributed by atoms with E-state index >= 15 is 0 Å². The van der Waals surface area contributed by atoms with E-state index in [-0.39, 0.29) is 6.10 Å². The molecule has 1 heterocycles. The highest BCUT2D eigenvalue weighted by Crippen LogP contribution is 2.26. The third-order valence-corrected chi connectivity index (χ3v) is 3.96. The number of benzene rings is 1. The number of aryl methyl sites for hydroxylation is 1. The summed E-state index contributed by atoms with van der Waals surface area (Å²) in [5.74, 6) is 0. The molecular formula is C15H22N2O2S. The highest BCUT2D eigenvalue weighted by Gasteiger charge is 2.11. The number of aliphatic hydroxyl groups excluding tert-OH is 1. The van der Waals surface area contributed by atoms with Gasteiger partial charge in [0.1, 0.15) is 0 Å². The highest BCUT2D eigenvalue weighted by atomic mass is 32.1. The molecule has 2 aromatic rings. The van der Waals surface area contributed by atoms with Gasteiger partial charge in [-0.05, 0) is 39.0 Å². The smallest absolute Gasteiger partial charge is 0.0948 e. The summed E-state index contributed by atoms with van der Waals surface area (Å²) >= 11 is 1.69. The molecule has 0 amide bonds. The molecule has 0 fully saturated rings. The first-order valence-corrected chi connectivity index (χ1v) is 7.65. The van der Waals surface area contributed by atoms with Crippen molar-refractivity contribution in [2.45, 2.75) is 33.0 Å². The van der Waals surface area contributed by atoms with Crippen LogP contribution in [0.1, 0.15) is 18.9 Å². The summed E-state index contributed by atoms with van der Waals surface area (Å²) in [6.45, 7) is 6.87. The van der Waals surface area contributed by atoms with Crippen LogP contribution in [-0.4, -0.2) is 42.5 Å². The maximum absolute atomic E-state index is 9.97. The lowest BCUT2D eigenvalue weighted by Crippen LogP contribution is -2.32. The van der Waals surface area contributed by atoms with Gasteiger partial charge in [0.25, 0.3) is 0 Å². The van der Waals surface area contributed by atoms with Crippen molar-refractivity contribution in [2.24, 2.45) is 0 Å². The molecule has 0 spiro atoms. The van der Waals surface area contributed by atoms with Crippen molar-refractivity contribution in [3.05, 3.63) is 23.2 Å². The van der Waals surface area contributed by atoms with E-state index in [9.17, 15) is 5.11 Å². The zero-order valence-electron chi connectivity index (χ0n) is 12.5. The fourth-order valence-corrected chi connectivity index (χ4v) is 2.90. The van der Waals surface area contributed by atoms with Crippen LogP contribution in [0.2, 0.25) is 0 Å². The Kier molecular flexibility index (Phi) is 4.96. The molecule has 1 N–H and O–H groups in total. The van der Waals surface area contributed by atoms with Crippen LogP contribution in [0.5, 0.6) is 0 Å². The first-order chi connectivity index (χ1) is 9.45. The Labute approximate surface area is 124 Å². The van der Waals surface area contributed by atoms with Crippen LogP contribution >= 0.6 is 11.3 Å². The lowest BCUT2D eigenvalue weighted by Gasteiger charge is -2.23. The molecule has 1 aromatic heterocycles. The Morgan fingerprint density at radius 3 is 2.85 bits per heavy atom. The van der Waals surface area contributed by atoms with Crippen LogP contribution in [0.25, 0.3) is 10.2 Å². The molecule has 2 rings (SSSR count). The van der Waals surface area contributed by atoms with Crippen molar-refractivity contribution in [3.8, 4) is 0 Å². The number of aromatic nitrogens is 1. The molecular weight excluding hydrogens is 272 g/mol.